The third-order valence-corrected chi connectivity index (χ3v) is 4.35. The monoisotopic (exact) mass is 406 g/mol. The number of anilines is 2. The molecule has 0 spiro atoms. The molecule has 0 saturated carbocycles. The van der Waals surface area contributed by atoms with Crippen molar-refractivity contribution in [2.45, 2.75) is 0 Å². The van der Waals surface area contributed by atoms with Gasteiger partial charge in [0.05, 0.1) is 18.7 Å². The van der Waals surface area contributed by atoms with E-state index in [2.05, 4.69) is 22.9 Å². The number of terminal acetylenes is 1. The standard InChI is InChI=1S/C23H24N3O4/c1-5-17-7-6-8-18(13-17)26(2)23-19-14-21(29-11-9-27-3)22(30-12-10-28-4)15-20(19)24-16-25-23/h1,6-8,13-16H,2,9-12H2,3-4H3. The van der Waals surface area contributed by atoms with Crippen LogP contribution in [0.3, 0.4) is 0 Å². The Kier molecular flexibility index (Phi) is 7.44. The predicted octanol–water partition coefficient (Wildman–Crippen LogP) is 3.59. The van der Waals surface area contributed by atoms with Gasteiger partial charge in [-0.2, -0.15) is 0 Å². The fourth-order valence-corrected chi connectivity index (χ4v) is 2.85. The highest BCUT2D eigenvalue weighted by Crippen LogP contribution is 2.37. The normalized spacial score (nSPS) is 10.6. The number of methoxy groups -OCH3 is 2. The van der Waals surface area contributed by atoms with Gasteiger partial charge >= 0.3 is 0 Å². The van der Waals surface area contributed by atoms with Crippen molar-refractivity contribution in [2.75, 3.05) is 45.5 Å². The predicted molar refractivity (Wildman–Crippen MR) is 116 cm³/mol. The van der Waals surface area contributed by atoms with Crippen LogP contribution in [-0.4, -0.2) is 50.6 Å². The lowest BCUT2D eigenvalue weighted by Crippen LogP contribution is -2.11. The molecule has 0 unspecified atom stereocenters. The largest absolute Gasteiger partial charge is 0.487 e. The summed E-state index contributed by atoms with van der Waals surface area (Å²) in [7, 11) is 7.40. The molecule has 1 heterocycles. The van der Waals surface area contributed by atoms with E-state index in [1.165, 1.54) is 6.33 Å². The van der Waals surface area contributed by atoms with Gasteiger partial charge in [-0.25, -0.2) is 9.97 Å². The van der Waals surface area contributed by atoms with Crippen molar-refractivity contribution in [3.63, 3.8) is 0 Å². The molecule has 2 aromatic carbocycles. The number of benzene rings is 2. The zero-order chi connectivity index (χ0) is 21.3. The van der Waals surface area contributed by atoms with E-state index in [9.17, 15) is 0 Å². The average Bonchev–Trinajstić information content (AvgIpc) is 2.78. The van der Waals surface area contributed by atoms with E-state index < -0.39 is 0 Å². The van der Waals surface area contributed by atoms with Crippen LogP contribution in [0.1, 0.15) is 5.56 Å². The molecule has 155 valence electrons. The summed E-state index contributed by atoms with van der Waals surface area (Å²) in [6.45, 7) is 1.68. The van der Waals surface area contributed by atoms with Crippen LogP contribution in [0, 0.1) is 19.4 Å². The van der Waals surface area contributed by atoms with Gasteiger partial charge in [0.15, 0.2) is 11.5 Å². The Balaban J connectivity index is 2.02. The number of ether oxygens (including phenoxy) is 4. The van der Waals surface area contributed by atoms with Crippen LogP contribution in [0.4, 0.5) is 11.5 Å². The molecule has 0 aliphatic rings. The minimum atomic E-state index is 0.379. The molecule has 0 N–H and O–H groups in total. The van der Waals surface area contributed by atoms with Crippen LogP contribution in [0.2, 0.25) is 0 Å². The van der Waals surface area contributed by atoms with E-state index in [0.29, 0.717) is 49.3 Å². The maximum atomic E-state index is 5.88. The zero-order valence-electron chi connectivity index (χ0n) is 17.1. The highest BCUT2D eigenvalue weighted by atomic mass is 16.5. The minimum Gasteiger partial charge on any atom is -0.487 e. The molecule has 1 radical (unpaired) electrons. The Bertz CT molecular complexity index is 1030. The molecular formula is C23H24N3O4. The Hall–Kier alpha value is -3.34. The van der Waals surface area contributed by atoms with Crippen LogP contribution < -0.4 is 14.4 Å². The van der Waals surface area contributed by atoms with Crippen LogP contribution in [0.15, 0.2) is 42.7 Å². The van der Waals surface area contributed by atoms with Gasteiger partial charge in [-0.3, -0.25) is 0 Å². The van der Waals surface area contributed by atoms with Crippen molar-refractivity contribution in [1.82, 2.24) is 9.97 Å². The summed E-state index contributed by atoms with van der Waals surface area (Å²) in [6, 6.07) is 11.2. The lowest BCUT2D eigenvalue weighted by Gasteiger charge is -2.21. The molecule has 0 atom stereocenters. The van der Waals surface area contributed by atoms with Crippen LogP contribution >= 0.6 is 0 Å². The topological polar surface area (TPSA) is 65.9 Å². The Morgan fingerprint density at radius 3 is 2.33 bits per heavy atom. The van der Waals surface area contributed by atoms with E-state index in [4.69, 9.17) is 25.4 Å². The van der Waals surface area contributed by atoms with Crippen molar-refractivity contribution in [2.24, 2.45) is 0 Å². The molecule has 3 aromatic rings. The summed E-state index contributed by atoms with van der Waals surface area (Å²) in [4.78, 5) is 10.5. The quantitative estimate of drug-likeness (QED) is 0.376. The smallest absolute Gasteiger partial charge is 0.163 e. The van der Waals surface area contributed by atoms with Gasteiger partial charge in [0.2, 0.25) is 0 Å². The van der Waals surface area contributed by atoms with Gasteiger partial charge in [-0.05, 0) is 24.3 Å². The number of nitrogens with zero attached hydrogens (tertiary/aromatic N) is 3. The number of hydrogen-bond acceptors (Lipinski definition) is 7. The Morgan fingerprint density at radius 2 is 1.67 bits per heavy atom. The number of rotatable bonds is 10. The molecule has 0 bridgehead atoms. The molecular weight excluding hydrogens is 382 g/mol. The highest BCUT2D eigenvalue weighted by molar-refractivity contribution is 5.93. The number of hydrogen-bond donors (Lipinski definition) is 0. The van der Waals surface area contributed by atoms with Crippen LogP contribution in [0.25, 0.3) is 10.9 Å². The summed E-state index contributed by atoms with van der Waals surface area (Å²) in [5, 5.41) is 0.769. The number of aromatic nitrogens is 2. The minimum absolute atomic E-state index is 0.379. The maximum absolute atomic E-state index is 5.88. The van der Waals surface area contributed by atoms with E-state index in [1.807, 2.05) is 36.4 Å². The van der Waals surface area contributed by atoms with Gasteiger partial charge in [0.1, 0.15) is 25.4 Å². The van der Waals surface area contributed by atoms with Crippen LogP contribution in [-0.2, 0) is 9.47 Å². The van der Waals surface area contributed by atoms with E-state index in [-0.39, 0.29) is 0 Å². The van der Waals surface area contributed by atoms with Gasteiger partial charge in [0, 0.05) is 44.0 Å². The third-order valence-electron chi connectivity index (χ3n) is 4.35. The van der Waals surface area contributed by atoms with E-state index in [1.54, 1.807) is 19.1 Å². The lowest BCUT2D eigenvalue weighted by molar-refractivity contribution is 0.132. The van der Waals surface area contributed by atoms with Gasteiger partial charge < -0.3 is 23.8 Å². The summed E-state index contributed by atoms with van der Waals surface area (Å²) < 4.78 is 21.9. The zero-order valence-corrected chi connectivity index (χ0v) is 17.1. The Morgan fingerprint density at radius 1 is 0.967 bits per heavy atom. The van der Waals surface area contributed by atoms with Gasteiger partial charge in [-0.15, -0.1) is 6.42 Å². The highest BCUT2D eigenvalue weighted by Gasteiger charge is 2.16. The third kappa shape index (κ3) is 4.98. The summed E-state index contributed by atoms with van der Waals surface area (Å²) in [5.41, 5.74) is 2.28. The molecule has 7 heteroatoms. The first kappa shape index (κ1) is 21.4. The summed E-state index contributed by atoms with van der Waals surface area (Å²) in [5.74, 6) is 4.40. The van der Waals surface area contributed by atoms with Crippen molar-refractivity contribution in [1.29, 1.82) is 0 Å². The molecule has 0 aliphatic heterocycles. The average molecular weight is 406 g/mol. The van der Waals surface area contributed by atoms with Crippen LogP contribution in [0.5, 0.6) is 11.5 Å². The lowest BCUT2D eigenvalue weighted by atomic mass is 10.1. The van der Waals surface area contributed by atoms with Gasteiger partial charge in [-0.1, -0.05) is 12.0 Å². The molecule has 30 heavy (non-hydrogen) atoms. The first-order valence-electron chi connectivity index (χ1n) is 9.37. The van der Waals surface area contributed by atoms with E-state index >= 15 is 0 Å². The fraction of sp³-hybridized carbons (Fsp3) is 0.261. The molecule has 0 aliphatic carbocycles. The maximum Gasteiger partial charge on any atom is 0.163 e. The second-order valence-electron chi connectivity index (χ2n) is 6.32. The van der Waals surface area contributed by atoms with Gasteiger partial charge in [0.25, 0.3) is 0 Å². The molecule has 0 amide bonds. The molecule has 0 fully saturated rings. The SMILES string of the molecule is C#Cc1cccc(N([CH2])c2ncnc3cc(OCCOC)c(OCCOC)cc23)c1. The second kappa shape index (κ2) is 10.4. The molecule has 0 saturated heterocycles. The summed E-state index contributed by atoms with van der Waals surface area (Å²) in [6.07, 6.45) is 7.02. The fourth-order valence-electron chi connectivity index (χ4n) is 2.85. The Labute approximate surface area is 176 Å². The first-order chi connectivity index (χ1) is 14.7. The second-order valence-corrected chi connectivity index (χ2v) is 6.32. The van der Waals surface area contributed by atoms with Crippen molar-refractivity contribution in [3.8, 4) is 23.8 Å². The summed E-state index contributed by atoms with van der Waals surface area (Å²) >= 11 is 0. The molecule has 3 rings (SSSR count). The van der Waals surface area contributed by atoms with E-state index in [0.717, 1.165) is 16.6 Å². The van der Waals surface area contributed by atoms with Crippen molar-refractivity contribution >= 4 is 22.4 Å². The van der Waals surface area contributed by atoms with Crippen molar-refractivity contribution < 1.29 is 18.9 Å². The molecule has 7 nitrogen and oxygen atoms in total. The first-order valence-corrected chi connectivity index (χ1v) is 9.37. The molecule has 1 aromatic heterocycles. The number of fused-ring (bicyclic) bond motifs is 1. The van der Waals surface area contributed by atoms with Crippen molar-refractivity contribution in [3.05, 3.63) is 55.3 Å².